The molecule has 0 bridgehead atoms. The van der Waals surface area contributed by atoms with Crippen molar-refractivity contribution in [3.63, 3.8) is 0 Å². The molecule has 0 radical (unpaired) electrons. The maximum atomic E-state index is 4.29. The predicted octanol–water partition coefficient (Wildman–Crippen LogP) is 1.79. The summed E-state index contributed by atoms with van der Waals surface area (Å²) in [5.74, 6) is 1.14. The lowest BCUT2D eigenvalue weighted by molar-refractivity contribution is 0.569. The molecule has 0 saturated carbocycles. The average Bonchev–Trinajstić information content (AvgIpc) is 2.54. The summed E-state index contributed by atoms with van der Waals surface area (Å²) in [5.41, 5.74) is 0. The van der Waals surface area contributed by atoms with Gasteiger partial charge in [-0.2, -0.15) is 0 Å². The maximum Gasteiger partial charge on any atom is 0.122 e. The molecule has 0 unspecified atom stereocenters. The molecule has 0 aliphatic heterocycles. The summed E-state index contributed by atoms with van der Waals surface area (Å²) in [6.45, 7) is 4.19. The number of hydrogen-bond acceptors (Lipinski definition) is 2. The molecule has 0 saturated heterocycles. The third-order valence-electron chi connectivity index (χ3n) is 2.14. The minimum atomic E-state index is 0.860. The van der Waals surface area contributed by atoms with Crippen molar-refractivity contribution in [3.8, 4) is 0 Å². The second kappa shape index (κ2) is 5.75. The van der Waals surface area contributed by atoms with E-state index < -0.39 is 0 Å². The van der Waals surface area contributed by atoms with E-state index in [1.54, 1.807) is 0 Å². The molecule has 0 atom stereocenters. The molecule has 0 fully saturated rings. The Morgan fingerprint density at radius 2 is 2.31 bits per heavy atom. The van der Waals surface area contributed by atoms with Gasteiger partial charge in [0.1, 0.15) is 5.82 Å². The molecule has 0 amide bonds. The van der Waals surface area contributed by atoms with Crippen LogP contribution in [0.15, 0.2) is 12.4 Å². The largest absolute Gasteiger partial charge is 0.334 e. The highest BCUT2D eigenvalue weighted by molar-refractivity contribution is 4.91. The molecular formula is C10H19N3. The van der Waals surface area contributed by atoms with Crippen molar-refractivity contribution in [2.45, 2.75) is 39.3 Å². The fraction of sp³-hybridized carbons (Fsp3) is 0.700. The van der Waals surface area contributed by atoms with Crippen molar-refractivity contribution in [3.05, 3.63) is 18.2 Å². The zero-order valence-electron chi connectivity index (χ0n) is 8.58. The monoisotopic (exact) mass is 181 g/mol. The summed E-state index contributed by atoms with van der Waals surface area (Å²) < 4.78 is 2.23. The molecule has 3 heteroatoms. The Kier molecular flexibility index (Phi) is 4.54. The third kappa shape index (κ3) is 3.19. The number of rotatable bonds is 6. The van der Waals surface area contributed by atoms with Crippen molar-refractivity contribution < 1.29 is 0 Å². The van der Waals surface area contributed by atoms with Crippen LogP contribution in [0.5, 0.6) is 0 Å². The van der Waals surface area contributed by atoms with Crippen LogP contribution >= 0.6 is 0 Å². The summed E-state index contributed by atoms with van der Waals surface area (Å²) in [7, 11) is 1.95. The summed E-state index contributed by atoms with van der Waals surface area (Å²) in [6.07, 6.45) is 7.76. The Morgan fingerprint density at radius 3 is 3.00 bits per heavy atom. The first-order chi connectivity index (χ1) is 6.38. The number of hydrogen-bond donors (Lipinski definition) is 1. The number of nitrogens with one attached hydrogen (secondary N) is 1. The van der Waals surface area contributed by atoms with Gasteiger partial charge in [-0.3, -0.25) is 0 Å². The quantitative estimate of drug-likeness (QED) is 0.678. The van der Waals surface area contributed by atoms with E-state index in [-0.39, 0.29) is 0 Å². The van der Waals surface area contributed by atoms with Crippen LogP contribution in [-0.2, 0) is 13.1 Å². The van der Waals surface area contributed by atoms with E-state index in [4.69, 9.17) is 0 Å². The standard InChI is InChI=1S/C10H19N3/c1-3-4-5-7-13-8-6-12-10(13)9-11-2/h6,8,11H,3-5,7,9H2,1-2H3. The van der Waals surface area contributed by atoms with Gasteiger partial charge in [0.2, 0.25) is 0 Å². The van der Waals surface area contributed by atoms with Gasteiger partial charge in [-0.15, -0.1) is 0 Å². The van der Waals surface area contributed by atoms with Gasteiger partial charge >= 0.3 is 0 Å². The maximum absolute atomic E-state index is 4.29. The molecule has 0 spiro atoms. The van der Waals surface area contributed by atoms with E-state index in [1.165, 1.54) is 19.3 Å². The highest BCUT2D eigenvalue weighted by atomic mass is 15.1. The van der Waals surface area contributed by atoms with Gasteiger partial charge in [-0.1, -0.05) is 19.8 Å². The third-order valence-corrected chi connectivity index (χ3v) is 2.14. The highest BCUT2D eigenvalue weighted by Gasteiger charge is 1.99. The van der Waals surface area contributed by atoms with Crippen LogP contribution in [0.2, 0.25) is 0 Å². The topological polar surface area (TPSA) is 29.9 Å². The second-order valence-corrected chi connectivity index (χ2v) is 3.27. The molecule has 74 valence electrons. The Balaban J connectivity index is 2.40. The van der Waals surface area contributed by atoms with Crippen LogP contribution in [0.4, 0.5) is 0 Å². The van der Waals surface area contributed by atoms with Crippen molar-refractivity contribution in [2.75, 3.05) is 7.05 Å². The minimum Gasteiger partial charge on any atom is -0.334 e. The van der Waals surface area contributed by atoms with E-state index in [1.807, 2.05) is 13.2 Å². The summed E-state index contributed by atoms with van der Waals surface area (Å²) in [6, 6.07) is 0. The highest BCUT2D eigenvalue weighted by Crippen LogP contribution is 2.02. The van der Waals surface area contributed by atoms with E-state index >= 15 is 0 Å². The number of imidazole rings is 1. The Bertz CT molecular complexity index is 230. The van der Waals surface area contributed by atoms with Crippen LogP contribution in [-0.4, -0.2) is 16.6 Å². The lowest BCUT2D eigenvalue weighted by atomic mass is 10.2. The second-order valence-electron chi connectivity index (χ2n) is 3.27. The zero-order chi connectivity index (χ0) is 9.52. The molecule has 3 nitrogen and oxygen atoms in total. The van der Waals surface area contributed by atoms with Crippen LogP contribution in [0.25, 0.3) is 0 Å². The predicted molar refractivity (Wildman–Crippen MR) is 54.5 cm³/mol. The lowest BCUT2D eigenvalue weighted by Crippen LogP contribution is -2.12. The van der Waals surface area contributed by atoms with Gasteiger partial charge in [0.25, 0.3) is 0 Å². The van der Waals surface area contributed by atoms with Gasteiger partial charge in [-0.05, 0) is 13.5 Å². The van der Waals surface area contributed by atoms with Gasteiger partial charge < -0.3 is 9.88 Å². The Hall–Kier alpha value is -0.830. The fourth-order valence-corrected chi connectivity index (χ4v) is 1.40. The first-order valence-corrected chi connectivity index (χ1v) is 5.03. The molecule has 0 aromatic carbocycles. The Morgan fingerprint density at radius 1 is 1.46 bits per heavy atom. The SMILES string of the molecule is CCCCCn1ccnc1CNC. The molecule has 1 N–H and O–H groups in total. The van der Waals surface area contributed by atoms with Crippen LogP contribution in [0.1, 0.15) is 32.0 Å². The molecule has 1 heterocycles. The summed E-state index contributed by atoms with van der Waals surface area (Å²) in [4.78, 5) is 4.29. The van der Waals surface area contributed by atoms with Crippen molar-refractivity contribution in [1.82, 2.24) is 14.9 Å². The minimum absolute atomic E-state index is 0.860. The van der Waals surface area contributed by atoms with Crippen molar-refractivity contribution in [1.29, 1.82) is 0 Å². The normalized spacial score (nSPS) is 10.6. The van der Waals surface area contributed by atoms with Crippen LogP contribution in [0, 0.1) is 0 Å². The van der Waals surface area contributed by atoms with Crippen molar-refractivity contribution >= 4 is 0 Å². The molecule has 1 aromatic rings. The molecular weight excluding hydrogens is 162 g/mol. The van der Waals surface area contributed by atoms with Gasteiger partial charge in [0.15, 0.2) is 0 Å². The van der Waals surface area contributed by atoms with Gasteiger partial charge in [0.05, 0.1) is 6.54 Å². The molecule has 1 rings (SSSR count). The smallest absolute Gasteiger partial charge is 0.122 e. The summed E-state index contributed by atoms with van der Waals surface area (Å²) in [5, 5.41) is 3.12. The zero-order valence-corrected chi connectivity index (χ0v) is 8.58. The Labute approximate surface area is 80.2 Å². The number of unbranched alkanes of at least 4 members (excludes halogenated alkanes) is 2. The molecule has 0 aliphatic rings. The first-order valence-electron chi connectivity index (χ1n) is 5.03. The van der Waals surface area contributed by atoms with E-state index in [9.17, 15) is 0 Å². The van der Waals surface area contributed by atoms with Crippen LogP contribution < -0.4 is 5.32 Å². The van der Waals surface area contributed by atoms with Crippen LogP contribution in [0.3, 0.4) is 0 Å². The first kappa shape index (κ1) is 10.3. The number of aromatic nitrogens is 2. The molecule has 13 heavy (non-hydrogen) atoms. The lowest BCUT2D eigenvalue weighted by Gasteiger charge is -2.06. The molecule has 1 aromatic heterocycles. The number of nitrogens with zero attached hydrogens (tertiary/aromatic N) is 2. The fourth-order valence-electron chi connectivity index (χ4n) is 1.40. The molecule has 0 aliphatic carbocycles. The summed E-state index contributed by atoms with van der Waals surface area (Å²) >= 11 is 0. The van der Waals surface area contributed by atoms with E-state index in [0.29, 0.717) is 0 Å². The van der Waals surface area contributed by atoms with E-state index in [2.05, 4.69) is 28.0 Å². The van der Waals surface area contributed by atoms with Crippen molar-refractivity contribution in [2.24, 2.45) is 0 Å². The van der Waals surface area contributed by atoms with E-state index in [0.717, 1.165) is 18.9 Å². The van der Waals surface area contributed by atoms with Gasteiger partial charge in [0, 0.05) is 18.9 Å². The van der Waals surface area contributed by atoms with Gasteiger partial charge in [-0.25, -0.2) is 4.98 Å². The average molecular weight is 181 g/mol. The number of aryl methyl sites for hydroxylation is 1.